The number of carboxylic acid groups (broad SMARTS) is 2. The Labute approximate surface area is 767 Å². The SMILES string of the molecule is C.COc1[nH]c(C)c(C(=O)O)c1C.Cc1[nH]c(/C=C2\C(=O)Nc3ccc(-c4csc(-c5ccccc5)n4)cc32)c(C)c1C(=O)N1CCN(C)CC1.Cc1[nH]c(/C=C2\C(=O)Nc3ccc(-c4csc(-c5ccccc5)n4)cc32)c(C)c1C(=O)O.Cl.NC(=S)c1ccccc1.O=C1Cc2cc(-c3csc(-c4ccccc4)n3)ccc2N1.O=C1Cc2cc(C(=O)CCl)ccc2N1. The highest BCUT2D eigenvalue weighted by Gasteiger charge is 2.31. The number of fused-ring (bicyclic) bond motifs is 4. The molecule has 24 nitrogen and oxygen atoms in total. The normalized spacial score (nSPS) is 13.6. The van der Waals surface area contributed by atoms with Crippen molar-refractivity contribution in [1.29, 1.82) is 0 Å². The predicted molar refractivity (Wildman–Crippen MR) is 519 cm³/mol. The number of halogens is 2. The minimum atomic E-state index is -0.989. The lowest BCUT2D eigenvalue weighted by atomic mass is 10.0. The van der Waals surface area contributed by atoms with Gasteiger partial charge in [-0.1, -0.05) is 159 Å². The third-order valence-electron chi connectivity index (χ3n) is 21.6. The number of H-pyrrole nitrogens is 3. The number of hydrogen-bond acceptors (Lipinski definition) is 17. The molecular formula is C98H91Cl2N13O11S4. The van der Waals surface area contributed by atoms with Crippen molar-refractivity contribution in [3.8, 4) is 71.4 Å². The fourth-order valence-corrected chi connectivity index (χ4v) is 17.8. The minimum Gasteiger partial charge on any atom is -0.482 e. The molecule has 11 heterocycles. The molecule has 8 aromatic carbocycles. The van der Waals surface area contributed by atoms with Gasteiger partial charge in [-0.2, -0.15) is 0 Å². The van der Waals surface area contributed by atoms with Crippen molar-refractivity contribution in [2.24, 2.45) is 5.73 Å². The van der Waals surface area contributed by atoms with Crippen molar-refractivity contribution in [2.45, 2.75) is 61.8 Å². The summed E-state index contributed by atoms with van der Waals surface area (Å²) in [6, 6.07) is 62.7. The molecule has 5 amide bonds. The van der Waals surface area contributed by atoms with E-state index in [1.807, 2.05) is 181 Å². The number of ketones is 1. The zero-order chi connectivity index (χ0) is 89.1. The van der Waals surface area contributed by atoms with E-state index in [1.165, 1.54) is 7.11 Å². The maximum atomic E-state index is 13.3. The van der Waals surface area contributed by atoms with Crippen molar-refractivity contribution in [2.75, 3.05) is 67.5 Å². The van der Waals surface area contributed by atoms with Gasteiger partial charge in [0.25, 0.3) is 17.7 Å². The zero-order valence-electron chi connectivity index (χ0n) is 70.1. The van der Waals surface area contributed by atoms with Crippen LogP contribution in [0.2, 0.25) is 0 Å². The van der Waals surface area contributed by atoms with E-state index in [4.69, 9.17) is 54.3 Å². The number of carbonyl (C=O) groups is 8. The molecule has 1 saturated heterocycles. The van der Waals surface area contributed by atoms with E-state index in [0.717, 1.165) is 159 Å². The molecule has 1 fully saturated rings. The van der Waals surface area contributed by atoms with Crippen LogP contribution in [-0.2, 0) is 32.0 Å². The molecule has 0 atom stereocenters. The zero-order valence-corrected chi connectivity index (χ0v) is 75.0. The number of ether oxygens (including phenoxy) is 1. The fraction of sp³-hybridized carbons (Fsp3) is 0.163. The standard InChI is InChI=1S/C30H29N5O2S.C25H19N3O3S.C17H12N2OS.C10H8ClNO2.C8H11NO3.C7H7NS.CH4.ClH/c1-18-25(31-19(2)27(18)30(37)35-13-11-34(3)12-14-35)16-23-22-15-21(9-10-24(22)32-28(23)36)26-17-38-29(33-26)20-7-5-4-6-8-20;1-13-20(26-14(2)22(13)25(30)31)11-18-17-10-16(8-9-19(17)27-23(18)29)21-12-32-24(28-21)15-6-4-3-5-7-15;20-16-9-13-8-12(6-7-14(13)18-16)15-10-21-17(19-15)11-4-2-1-3-5-11;11-5-9(13)6-1-2-8-7(3-6)4-10(14)12-8;1-4-6(8(10)11)5(2)9-7(4)12-3;8-7(9)6-4-2-1-3-5-6;;/h4-10,15-17,31H,11-14H2,1-3H3,(H,32,36);3-12,26H,1-2H3,(H,27,29)(H,30,31);1-8,10H,9H2,(H,18,20);1-3H,4-5H2,(H,12,14);9H,1-3H3,(H,10,11);1-5H,(H2,8,9);1H4;1H/b23-16-;18-11-;;;;;;. The van der Waals surface area contributed by atoms with Crippen LogP contribution >= 0.6 is 70.2 Å². The second kappa shape index (κ2) is 41.5. The summed E-state index contributed by atoms with van der Waals surface area (Å²) in [7, 11) is 3.58. The number of aromatic amines is 3. The summed E-state index contributed by atoms with van der Waals surface area (Å²) < 4.78 is 4.94. The van der Waals surface area contributed by atoms with Gasteiger partial charge in [0.2, 0.25) is 11.8 Å². The van der Waals surface area contributed by atoms with Crippen LogP contribution in [0.4, 0.5) is 22.7 Å². The van der Waals surface area contributed by atoms with Crippen LogP contribution < -0.4 is 31.7 Å². The molecule has 0 unspecified atom stereocenters. The van der Waals surface area contributed by atoms with Gasteiger partial charge in [0.1, 0.15) is 20.0 Å². The van der Waals surface area contributed by atoms with Crippen molar-refractivity contribution in [1.82, 2.24) is 39.7 Å². The lowest BCUT2D eigenvalue weighted by Gasteiger charge is -2.32. The van der Waals surface area contributed by atoms with Crippen LogP contribution in [0.5, 0.6) is 5.88 Å². The molecule has 6 aromatic heterocycles. The molecular weight excluding hydrogens is 1730 g/mol. The van der Waals surface area contributed by atoms with Crippen molar-refractivity contribution in [3.63, 3.8) is 0 Å². The Hall–Kier alpha value is -13.8. The second-order valence-corrected chi connectivity index (χ2v) is 33.3. The smallest absolute Gasteiger partial charge is 0.337 e. The van der Waals surface area contributed by atoms with Crippen LogP contribution in [0.3, 0.4) is 0 Å². The number of alkyl halides is 1. The maximum Gasteiger partial charge on any atom is 0.337 e. The molecule has 19 rings (SSSR count). The molecule has 0 radical (unpaired) electrons. The van der Waals surface area contributed by atoms with E-state index >= 15 is 0 Å². The van der Waals surface area contributed by atoms with E-state index in [2.05, 4.69) is 83.9 Å². The number of amides is 5. The topological polar surface area (TPSA) is 353 Å². The average molecular weight is 1830 g/mol. The molecule has 0 saturated carbocycles. The molecule has 128 heavy (non-hydrogen) atoms. The van der Waals surface area contributed by atoms with Crippen molar-refractivity contribution in [3.05, 3.63) is 305 Å². The Kier molecular flexibility index (Phi) is 30.3. The number of benzene rings is 8. The fourth-order valence-electron chi connectivity index (χ4n) is 15.0. The number of thiocarbonyl (C=S) groups is 1. The molecule has 30 heteroatoms. The number of anilines is 4. The molecule has 14 aromatic rings. The van der Waals surface area contributed by atoms with E-state index in [1.54, 1.807) is 86.0 Å². The van der Waals surface area contributed by atoms with Gasteiger partial charge in [-0.05, 0) is 138 Å². The van der Waals surface area contributed by atoms with Gasteiger partial charge >= 0.3 is 11.9 Å². The molecule has 0 bridgehead atoms. The number of nitrogens with one attached hydrogen (secondary N) is 7. The van der Waals surface area contributed by atoms with Gasteiger partial charge in [0.05, 0.1) is 70.7 Å². The number of nitrogens with zero attached hydrogens (tertiary/aromatic N) is 5. The summed E-state index contributed by atoms with van der Waals surface area (Å²) in [6.45, 7) is 13.9. The van der Waals surface area contributed by atoms with Crippen molar-refractivity contribution >= 4 is 169 Å². The Morgan fingerprint density at radius 1 is 0.484 bits per heavy atom. The van der Waals surface area contributed by atoms with Gasteiger partial charge in [-0.3, -0.25) is 28.8 Å². The average Bonchev–Trinajstić information content (AvgIpc) is 1.62. The Balaban J connectivity index is 0.000000148. The van der Waals surface area contributed by atoms with Gasteiger partial charge in [-0.15, -0.1) is 58.0 Å². The molecule has 5 aliphatic heterocycles. The highest BCUT2D eigenvalue weighted by atomic mass is 35.5. The monoisotopic (exact) mass is 1820 g/mol. The van der Waals surface area contributed by atoms with Gasteiger partial charge in [0, 0.05) is 155 Å². The molecule has 11 N–H and O–H groups in total. The second-order valence-electron chi connectivity index (χ2n) is 30.1. The lowest BCUT2D eigenvalue weighted by Crippen LogP contribution is -2.47. The third-order valence-corrected chi connectivity index (χ3v) is 24.7. The number of nitrogens with two attached hydrogens (primary N) is 1. The number of aromatic nitrogens is 6. The van der Waals surface area contributed by atoms with Crippen LogP contribution in [-0.4, -0.2) is 148 Å². The first-order valence-electron chi connectivity index (χ1n) is 39.9. The van der Waals surface area contributed by atoms with E-state index in [0.29, 0.717) is 79.8 Å². The summed E-state index contributed by atoms with van der Waals surface area (Å²) in [6.07, 6.45) is 4.39. The lowest BCUT2D eigenvalue weighted by molar-refractivity contribution is -0.115. The number of aryl methyl sites for hydroxylation is 3. The Morgan fingerprint density at radius 2 is 0.867 bits per heavy atom. The van der Waals surface area contributed by atoms with Gasteiger partial charge in [-0.25, -0.2) is 24.5 Å². The van der Waals surface area contributed by atoms with Crippen LogP contribution in [0.1, 0.15) is 122 Å². The largest absolute Gasteiger partial charge is 0.482 e. The van der Waals surface area contributed by atoms with Crippen LogP contribution in [0.15, 0.2) is 210 Å². The first kappa shape index (κ1) is 93.3. The summed E-state index contributed by atoms with van der Waals surface area (Å²) in [4.78, 5) is 123. The van der Waals surface area contributed by atoms with Crippen LogP contribution in [0, 0.1) is 41.5 Å². The number of piperazine rings is 1. The highest BCUT2D eigenvalue weighted by molar-refractivity contribution is 7.80. The number of carboxylic acids is 2. The number of rotatable bonds is 15. The molecule has 5 aliphatic rings. The minimum absolute atomic E-state index is 0. The number of thiazole rings is 3. The van der Waals surface area contributed by atoms with Gasteiger partial charge in [0.15, 0.2) is 11.7 Å². The number of likely N-dealkylation sites (N-methyl/N-ethyl adjacent to an activating group) is 1. The summed E-state index contributed by atoms with van der Waals surface area (Å²) in [5.41, 5.74) is 30.2. The van der Waals surface area contributed by atoms with E-state index < -0.39 is 11.9 Å². The number of methoxy groups -OCH3 is 1. The maximum absolute atomic E-state index is 13.3. The number of hydrogen-bond donors (Lipinski definition) is 10. The predicted octanol–water partition coefficient (Wildman–Crippen LogP) is 20.2. The molecule has 0 aliphatic carbocycles. The first-order valence-corrected chi connectivity index (χ1v) is 43.5. The van der Waals surface area contributed by atoms with Crippen LogP contribution in [0.25, 0.3) is 88.8 Å². The third kappa shape index (κ3) is 21.3. The quantitative estimate of drug-likeness (QED) is 0.0197. The number of aromatic carboxylic acids is 2. The van der Waals surface area contributed by atoms with E-state index in [-0.39, 0.29) is 66.6 Å². The summed E-state index contributed by atoms with van der Waals surface area (Å²) in [5, 5.41) is 38.7. The highest BCUT2D eigenvalue weighted by Crippen LogP contribution is 2.42. The summed E-state index contributed by atoms with van der Waals surface area (Å²) in [5.74, 6) is -1.84. The molecule has 0 spiro atoms. The van der Waals surface area contributed by atoms with Gasteiger partial charge < -0.3 is 66.7 Å². The summed E-state index contributed by atoms with van der Waals surface area (Å²) >= 11 is 15.0. The first-order chi connectivity index (χ1) is 60.7. The van der Waals surface area contributed by atoms with Crippen molar-refractivity contribution < 1.29 is 53.3 Å². The van der Waals surface area contributed by atoms with E-state index in [9.17, 15) is 43.5 Å². The molecule has 652 valence electrons. The number of Topliss-reactive ketones (excluding diaryl/α,β-unsaturated/α-hetero) is 1. The Bertz CT molecular complexity index is 6620. The Morgan fingerprint density at radius 3 is 1.26 bits per heavy atom. The number of carbonyl (C=O) groups excluding carboxylic acids is 6.